The van der Waals surface area contributed by atoms with Crippen LogP contribution in [-0.2, 0) is 0 Å². The summed E-state index contributed by atoms with van der Waals surface area (Å²) in [6.45, 7) is 0. The molecule has 1 saturated heterocycles. The number of nitrogens with zero attached hydrogens (tertiary/aromatic N) is 1. The van der Waals surface area contributed by atoms with Crippen LogP contribution < -0.4 is 5.32 Å². The van der Waals surface area contributed by atoms with Crippen LogP contribution in [-0.4, -0.2) is 33.5 Å². The molecule has 0 spiro atoms. The summed E-state index contributed by atoms with van der Waals surface area (Å²) >= 11 is 1.86. The van der Waals surface area contributed by atoms with E-state index in [2.05, 4.69) is 10.3 Å². The molecule has 1 fully saturated rings. The molecule has 2 rings (SSSR count). The monoisotopic (exact) mass is 238 g/mol. The summed E-state index contributed by atoms with van der Waals surface area (Å²) in [4.78, 5) is 15.6. The minimum atomic E-state index is -0.157. The fourth-order valence-corrected chi connectivity index (χ4v) is 2.75. The summed E-state index contributed by atoms with van der Waals surface area (Å²) in [6, 6.07) is 1.67. The molecule has 1 amide bonds. The van der Waals surface area contributed by atoms with Crippen LogP contribution in [0.25, 0.3) is 0 Å². The third-order valence-corrected chi connectivity index (χ3v) is 3.70. The highest BCUT2D eigenvalue weighted by molar-refractivity contribution is 7.99. The maximum Gasteiger partial charge on any atom is 0.253 e. The number of thioether (sulfide) groups is 1. The van der Waals surface area contributed by atoms with E-state index in [4.69, 9.17) is 0 Å². The normalized spacial score (nSPS) is 20.4. The molecule has 1 unspecified atom stereocenters. The molecule has 16 heavy (non-hydrogen) atoms. The highest BCUT2D eigenvalue weighted by Crippen LogP contribution is 2.17. The summed E-state index contributed by atoms with van der Waals surface area (Å²) in [5.74, 6) is 2.01. The molecule has 1 aliphatic rings. The molecule has 5 heteroatoms. The van der Waals surface area contributed by atoms with Gasteiger partial charge in [-0.3, -0.25) is 9.78 Å². The first-order chi connectivity index (χ1) is 7.75. The van der Waals surface area contributed by atoms with Crippen molar-refractivity contribution in [3.63, 3.8) is 0 Å². The van der Waals surface area contributed by atoms with Gasteiger partial charge >= 0.3 is 0 Å². The average molecular weight is 238 g/mol. The number of pyridine rings is 1. The van der Waals surface area contributed by atoms with Gasteiger partial charge in [0.1, 0.15) is 5.75 Å². The van der Waals surface area contributed by atoms with Gasteiger partial charge in [0, 0.05) is 18.0 Å². The Labute approximate surface area is 98.5 Å². The van der Waals surface area contributed by atoms with Crippen LogP contribution in [0.2, 0.25) is 0 Å². The second kappa shape index (κ2) is 5.21. The lowest BCUT2D eigenvalue weighted by Gasteiger charge is -2.22. The van der Waals surface area contributed by atoms with Gasteiger partial charge < -0.3 is 10.4 Å². The number of rotatable bonds is 2. The first kappa shape index (κ1) is 11.3. The number of aromatic nitrogens is 1. The minimum absolute atomic E-state index is 0.0191. The number of aromatic hydroxyl groups is 1. The van der Waals surface area contributed by atoms with Crippen LogP contribution in [0.5, 0.6) is 5.75 Å². The Hall–Kier alpha value is -1.23. The van der Waals surface area contributed by atoms with Gasteiger partial charge in [0.2, 0.25) is 0 Å². The summed E-state index contributed by atoms with van der Waals surface area (Å²) in [6.07, 6.45) is 4.96. The zero-order valence-corrected chi connectivity index (χ0v) is 9.67. The Bertz CT molecular complexity index is 378. The van der Waals surface area contributed by atoms with Gasteiger partial charge in [-0.15, -0.1) is 0 Å². The van der Waals surface area contributed by atoms with Crippen molar-refractivity contribution in [2.24, 2.45) is 0 Å². The largest absolute Gasteiger partial charge is 0.506 e. The Morgan fingerprint density at radius 1 is 1.56 bits per heavy atom. The zero-order valence-electron chi connectivity index (χ0n) is 8.85. The van der Waals surface area contributed by atoms with Crippen molar-refractivity contribution in [3.05, 3.63) is 24.0 Å². The smallest absolute Gasteiger partial charge is 0.253 e. The van der Waals surface area contributed by atoms with E-state index in [0.717, 1.165) is 18.6 Å². The molecule has 4 nitrogen and oxygen atoms in total. The van der Waals surface area contributed by atoms with Gasteiger partial charge in [-0.05, 0) is 24.7 Å². The maximum absolute atomic E-state index is 11.8. The number of carbonyl (C=O) groups excluding carboxylic acids is 1. The van der Waals surface area contributed by atoms with E-state index in [-0.39, 0.29) is 17.7 Å². The molecule has 1 aromatic rings. The van der Waals surface area contributed by atoms with E-state index in [1.807, 2.05) is 11.8 Å². The highest BCUT2D eigenvalue weighted by atomic mass is 32.2. The Morgan fingerprint density at radius 2 is 2.44 bits per heavy atom. The Balaban J connectivity index is 1.97. The van der Waals surface area contributed by atoms with E-state index >= 15 is 0 Å². The van der Waals surface area contributed by atoms with E-state index < -0.39 is 0 Å². The molecule has 0 aromatic carbocycles. The fourth-order valence-electron chi connectivity index (χ4n) is 1.68. The lowest BCUT2D eigenvalue weighted by Crippen LogP contribution is -2.38. The first-order valence-corrected chi connectivity index (χ1v) is 6.44. The SMILES string of the molecule is O=C(NC1CCCSC1)c1cncc(O)c1. The summed E-state index contributed by atoms with van der Waals surface area (Å²) in [5, 5.41) is 12.2. The second-order valence-corrected chi connectivity index (χ2v) is 4.97. The van der Waals surface area contributed by atoms with Gasteiger partial charge in [0.15, 0.2) is 0 Å². The lowest BCUT2D eigenvalue weighted by molar-refractivity contribution is 0.0938. The van der Waals surface area contributed by atoms with Crippen molar-refractivity contribution >= 4 is 17.7 Å². The molecule has 2 N–H and O–H groups in total. The molecule has 0 radical (unpaired) electrons. The molecule has 0 bridgehead atoms. The van der Waals surface area contributed by atoms with Crippen LogP contribution in [0.3, 0.4) is 0 Å². The van der Waals surface area contributed by atoms with Crippen LogP contribution >= 0.6 is 11.8 Å². The van der Waals surface area contributed by atoms with Crippen molar-refractivity contribution in [1.29, 1.82) is 0 Å². The molecular formula is C11H14N2O2S. The van der Waals surface area contributed by atoms with Gasteiger partial charge in [0.05, 0.1) is 11.8 Å². The van der Waals surface area contributed by atoms with Crippen LogP contribution in [0.4, 0.5) is 0 Å². The van der Waals surface area contributed by atoms with Crippen LogP contribution in [0.15, 0.2) is 18.5 Å². The highest BCUT2D eigenvalue weighted by Gasteiger charge is 2.17. The van der Waals surface area contributed by atoms with Gasteiger partial charge in [-0.2, -0.15) is 11.8 Å². The van der Waals surface area contributed by atoms with E-state index in [0.29, 0.717) is 5.56 Å². The minimum Gasteiger partial charge on any atom is -0.506 e. The quantitative estimate of drug-likeness (QED) is 0.818. The van der Waals surface area contributed by atoms with E-state index in [1.165, 1.54) is 24.2 Å². The predicted molar refractivity (Wildman–Crippen MR) is 63.7 cm³/mol. The van der Waals surface area contributed by atoms with Crippen LogP contribution in [0.1, 0.15) is 23.2 Å². The first-order valence-electron chi connectivity index (χ1n) is 5.28. The lowest BCUT2D eigenvalue weighted by atomic mass is 10.1. The van der Waals surface area contributed by atoms with E-state index in [1.54, 1.807) is 0 Å². The molecule has 2 heterocycles. The van der Waals surface area contributed by atoms with Crippen molar-refractivity contribution in [3.8, 4) is 5.75 Å². The molecule has 1 atom stereocenters. The third-order valence-electron chi connectivity index (χ3n) is 2.48. The second-order valence-electron chi connectivity index (χ2n) is 3.82. The van der Waals surface area contributed by atoms with E-state index in [9.17, 15) is 9.90 Å². The van der Waals surface area contributed by atoms with Crippen molar-refractivity contribution in [2.75, 3.05) is 11.5 Å². The fraction of sp³-hybridized carbons (Fsp3) is 0.455. The van der Waals surface area contributed by atoms with Crippen molar-refractivity contribution in [1.82, 2.24) is 10.3 Å². The number of hydrogen-bond donors (Lipinski definition) is 2. The summed E-state index contributed by atoms with van der Waals surface area (Å²) < 4.78 is 0. The number of carbonyl (C=O) groups is 1. The molecule has 1 aromatic heterocycles. The van der Waals surface area contributed by atoms with Gasteiger partial charge in [-0.25, -0.2) is 0 Å². The standard InChI is InChI=1S/C11H14N2O2S/c14-10-4-8(5-12-6-10)11(15)13-9-2-1-3-16-7-9/h4-6,9,14H,1-3,7H2,(H,13,15). The number of hydrogen-bond acceptors (Lipinski definition) is 4. The predicted octanol–water partition coefficient (Wildman–Crippen LogP) is 1.41. The summed E-state index contributed by atoms with van der Waals surface area (Å²) in [5.41, 5.74) is 0.413. The number of amides is 1. The Kier molecular flexibility index (Phi) is 3.66. The topological polar surface area (TPSA) is 62.2 Å². The van der Waals surface area contributed by atoms with Crippen LogP contribution in [0, 0.1) is 0 Å². The molecule has 0 saturated carbocycles. The van der Waals surface area contributed by atoms with Gasteiger partial charge in [0.25, 0.3) is 5.91 Å². The zero-order chi connectivity index (χ0) is 11.4. The maximum atomic E-state index is 11.8. The average Bonchev–Trinajstić information content (AvgIpc) is 2.30. The Morgan fingerprint density at radius 3 is 3.12 bits per heavy atom. The van der Waals surface area contributed by atoms with Crippen molar-refractivity contribution < 1.29 is 9.90 Å². The summed E-state index contributed by atoms with van der Waals surface area (Å²) in [7, 11) is 0. The molecule has 1 aliphatic heterocycles. The number of nitrogens with one attached hydrogen (secondary N) is 1. The molecular weight excluding hydrogens is 224 g/mol. The van der Waals surface area contributed by atoms with Gasteiger partial charge in [-0.1, -0.05) is 0 Å². The van der Waals surface area contributed by atoms with Crippen molar-refractivity contribution in [2.45, 2.75) is 18.9 Å². The molecule has 0 aliphatic carbocycles. The third kappa shape index (κ3) is 2.88. The molecule has 86 valence electrons.